The number of anilines is 1. The number of nitrogens with zero attached hydrogens (tertiary/aromatic N) is 1. The van der Waals surface area contributed by atoms with Gasteiger partial charge >= 0.3 is 0 Å². The highest BCUT2D eigenvalue weighted by atomic mass is 19.1. The van der Waals surface area contributed by atoms with Crippen LogP contribution in [0.15, 0.2) is 52.9 Å². The normalized spacial score (nSPS) is 10.8. The fourth-order valence-electron chi connectivity index (χ4n) is 1.95. The van der Waals surface area contributed by atoms with Crippen LogP contribution in [-0.4, -0.2) is 11.5 Å². The van der Waals surface area contributed by atoms with Gasteiger partial charge in [0.15, 0.2) is 5.58 Å². The van der Waals surface area contributed by atoms with E-state index in [1.807, 2.05) is 30.3 Å². The number of hydrogen-bond acceptors (Lipinski definition) is 3. The van der Waals surface area contributed by atoms with E-state index in [1.165, 1.54) is 12.1 Å². The molecule has 0 unspecified atom stereocenters. The molecule has 1 aromatic heterocycles. The molecule has 2 aromatic carbocycles. The largest absolute Gasteiger partial charge is 0.424 e. The molecule has 0 saturated heterocycles. The maximum absolute atomic E-state index is 13.0. The molecule has 3 rings (SSSR count). The lowest BCUT2D eigenvalue weighted by molar-refractivity contribution is 0.613. The van der Waals surface area contributed by atoms with Crippen molar-refractivity contribution >= 4 is 17.1 Å². The molecular weight excluding hydrogens is 243 g/mol. The quantitative estimate of drug-likeness (QED) is 0.774. The number of nitrogens with one attached hydrogen (secondary N) is 1. The summed E-state index contributed by atoms with van der Waals surface area (Å²) in [7, 11) is 0. The lowest BCUT2D eigenvalue weighted by atomic mass is 10.1. The molecule has 1 heterocycles. The summed E-state index contributed by atoms with van der Waals surface area (Å²) >= 11 is 0. The maximum Gasteiger partial charge on any atom is 0.295 e. The van der Waals surface area contributed by atoms with Gasteiger partial charge in [-0.05, 0) is 36.2 Å². The molecule has 96 valence electrons. The Morgan fingerprint density at radius 2 is 2.00 bits per heavy atom. The molecule has 4 heteroatoms. The van der Waals surface area contributed by atoms with Crippen LogP contribution in [-0.2, 0) is 6.42 Å². The van der Waals surface area contributed by atoms with Gasteiger partial charge in [0.2, 0.25) is 0 Å². The van der Waals surface area contributed by atoms with E-state index in [1.54, 1.807) is 6.07 Å². The zero-order valence-electron chi connectivity index (χ0n) is 10.3. The predicted octanol–water partition coefficient (Wildman–Crippen LogP) is 3.62. The van der Waals surface area contributed by atoms with Crippen molar-refractivity contribution in [1.82, 2.24) is 4.98 Å². The highest BCUT2D eigenvalue weighted by Crippen LogP contribution is 2.17. The number of hydrogen-bond donors (Lipinski definition) is 1. The lowest BCUT2D eigenvalue weighted by Crippen LogP contribution is -2.05. The van der Waals surface area contributed by atoms with Crippen LogP contribution in [0.1, 0.15) is 5.56 Å². The molecular formula is C15H13FN2O. The minimum absolute atomic E-state index is 0.209. The van der Waals surface area contributed by atoms with Gasteiger partial charge in [0.25, 0.3) is 6.01 Å². The second kappa shape index (κ2) is 5.10. The first-order valence-electron chi connectivity index (χ1n) is 6.15. The number of rotatable bonds is 4. The Labute approximate surface area is 110 Å². The maximum atomic E-state index is 13.0. The molecule has 0 amide bonds. The molecule has 0 atom stereocenters. The highest BCUT2D eigenvalue weighted by molar-refractivity contribution is 5.74. The van der Waals surface area contributed by atoms with Gasteiger partial charge in [-0.3, -0.25) is 0 Å². The number of aromatic nitrogens is 1. The summed E-state index contributed by atoms with van der Waals surface area (Å²) in [6.45, 7) is 0.649. The van der Waals surface area contributed by atoms with Gasteiger partial charge in [0, 0.05) is 6.54 Å². The average Bonchev–Trinajstić information content (AvgIpc) is 2.81. The van der Waals surface area contributed by atoms with E-state index < -0.39 is 0 Å². The molecule has 1 N–H and O–H groups in total. The average molecular weight is 256 g/mol. The Balaban J connectivity index is 1.63. The summed E-state index contributed by atoms with van der Waals surface area (Å²) in [6, 6.07) is 14.7. The third-order valence-corrected chi connectivity index (χ3v) is 2.87. The summed E-state index contributed by atoms with van der Waals surface area (Å²) in [4.78, 5) is 4.31. The molecule has 0 spiro atoms. The first-order chi connectivity index (χ1) is 9.31. The van der Waals surface area contributed by atoms with E-state index in [0.29, 0.717) is 12.6 Å². The molecule has 0 aliphatic heterocycles. The van der Waals surface area contributed by atoms with Crippen LogP contribution in [0.4, 0.5) is 10.4 Å². The van der Waals surface area contributed by atoms with Crippen LogP contribution in [0.2, 0.25) is 0 Å². The summed E-state index contributed by atoms with van der Waals surface area (Å²) < 4.78 is 18.5. The minimum Gasteiger partial charge on any atom is -0.424 e. The first-order valence-corrected chi connectivity index (χ1v) is 6.15. The van der Waals surface area contributed by atoms with E-state index in [2.05, 4.69) is 10.3 Å². The molecule has 3 aromatic rings. The van der Waals surface area contributed by atoms with Gasteiger partial charge in [0.1, 0.15) is 11.3 Å². The summed E-state index contributed by atoms with van der Waals surface area (Å²) in [5.74, 6) is -0.209. The monoisotopic (exact) mass is 256 g/mol. The number of oxazole rings is 1. The molecule has 0 aliphatic carbocycles. The molecule has 0 fully saturated rings. The van der Waals surface area contributed by atoms with Crippen LogP contribution in [0.5, 0.6) is 0 Å². The number of fused-ring (bicyclic) bond motifs is 1. The number of halogens is 1. The zero-order chi connectivity index (χ0) is 13.1. The van der Waals surface area contributed by atoms with Crippen molar-refractivity contribution in [2.24, 2.45) is 0 Å². The van der Waals surface area contributed by atoms with Crippen molar-refractivity contribution in [3.63, 3.8) is 0 Å². The van der Waals surface area contributed by atoms with Crippen molar-refractivity contribution in [1.29, 1.82) is 0 Å². The SMILES string of the molecule is Fc1cccc(CCNc2nc3ccccc3o2)c1. The molecule has 19 heavy (non-hydrogen) atoms. The fraction of sp³-hybridized carbons (Fsp3) is 0.133. The molecule has 0 radical (unpaired) electrons. The van der Waals surface area contributed by atoms with Gasteiger partial charge < -0.3 is 9.73 Å². The number of benzene rings is 2. The number of para-hydroxylation sites is 2. The van der Waals surface area contributed by atoms with Gasteiger partial charge in [-0.2, -0.15) is 4.98 Å². The second-order valence-electron chi connectivity index (χ2n) is 4.29. The van der Waals surface area contributed by atoms with Gasteiger partial charge in [-0.15, -0.1) is 0 Å². The van der Waals surface area contributed by atoms with Crippen molar-refractivity contribution < 1.29 is 8.81 Å². The van der Waals surface area contributed by atoms with E-state index in [-0.39, 0.29) is 5.82 Å². The third-order valence-electron chi connectivity index (χ3n) is 2.87. The Bertz CT molecular complexity index is 660. The van der Waals surface area contributed by atoms with Crippen LogP contribution in [0, 0.1) is 5.82 Å². The van der Waals surface area contributed by atoms with E-state index in [0.717, 1.165) is 23.1 Å². The topological polar surface area (TPSA) is 38.1 Å². The standard InChI is InChI=1S/C15H13FN2O/c16-12-5-3-4-11(10-12)8-9-17-15-18-13-6-1-2-7-14(13)19-15/h1-7,10H,8-9H2,(H,17,18). The van der Waals surface area contributed by atoms with E-state index >= 15 is 0 Å². The van der Waals surface area contributed by atoms with Crippen molar-refractivity contribution in [3.05, 3.63) is 59.9 Å². The van der Waals surface area contributed by atoms with Crippen LogP contribution in [0.25, 0.3) is 11.1 Å². The van der Waals surface area contributed by atoms with E-state index in [9.17, 15) is 4.39 Å². The van der Waals surface area contributed by atoms with Crippen molar-refractivity contribution in [3.8, 4) is 0 Å². The summed E-state index contributed by atoms with van der Waals surface area (Å²) in [5.41, 5.74) is 2.54. The van der Waals surface area contributed by atoms with Gasteiger partial charge in [0.05, 0.1) is 0 Å². The molecule has 0 aliphatic rings. The van der Waals surface area contributed by atoms with Gasteiger partial charge in [-0.1, -0.05) is 24.3 Å². The second-order valence-corrected chi connectivity index (χ2v) is 4.29. The zero-order valence-corrected chi connectivity index (χ0v) is 10.3. The summed E-state index contributed by atoms with van der Waals surface area (Å²) in [6.07, 6.45) is 0.719. The Hall–Kier alpha value is -2.36. The predicted molar refractivity (Wildman–Crippen MR) is 72.6 cm³/mol. The Kier molecular flexibility index (Phi) is 3.14. The molecule has 0 bridgehead atoms. The molecule has 0 saturated carbocycles. The lowest BCUT2D eigenvalue weighted by Gasteiger charge is -2.02. The summed E-state index contributed by atoms with van der Waals surface area (Å²) in [5, 5.41) is 3.10. The smallest absolute Gasteiger partial charge is 0.295 e. The Morgan fingerprint density at radius 3 is 2.84 bits per heavy atom. The van der Waals surface area contributed by atoms with Crippen LogP contribution in [0.3, 0.4) is 0 Å². The minimum atomic E-state index is -0.209. The molecule has 3 nitrogen and oxygen atoms in total. The first kappa shape index (κ1) is 11.7. The third kappa shape index (κ3) is 2.73. The highest BCUT2D eigenvalue weighted by Gasteiger charge is 2.03. The fourth-order valence-corrected chi connectivity index (χ4v) is 1.95. The van der Waals surface area contributed by atoms with Crippen molar-refractivity contribution in [2.45, 2.75) is 6.42 Å². The van der Waals surface area contributed by atoms with E-state index in [4.69, 9.17) is 4.42 Å². The Morgan fingerprint density at radius 1 is 1.11 bits per heavy atom. The van der Waals surface area contributed by atoms with Gasteiger partial charge in [-0.25, -0.2) is 4.39 Å². The van der Waals surface area contributed by atoms with Crippen LogP contribution >= 0.6 is 0 Å². The van der Waals surface area contributed by atoms with Crippen LogP contribution < -0.4 is 5.32 Å². The van der Waals surface area contributed by atoms with Crippen molar-refractivity contribution in [2.75, 3.05) is 11.9 Å².